The van der Waals surface area contributed by atoms with Crippen LogP contribution in [0.25, 0.3) is 0 Å². The fraction of sp³-hybridized carbons (Fsp3) is 0.368. The number of nitrogens with one attached hydrogen (secondary N) is 1. The van der Waals surface area contributed by atoms with Crippen LogP contribution in [0.3, 0.4) is 0 Å². The highest BCUT2D eigenvalue weighted by molar-refractivity contribution is 7.59. The predicted molar refractivity (Wildman–Crippen MR) is 96.9 cm³/mol. The molecular formula is C19H26NO2P. The zero-order chi connectivity index (χ0) is 16.5. The average Bonchev–Trinajstić information content (AvgIpc) is 2.57. The highest BCUT2D eigenvalue weighted by atomic mass is 31.2. The fourth-order valence-electron chi connectivity index (χ4n) is 2.73. The van der Waals surface area contributed by atoms with Crippen molar-refractivity contribution in [3.63, 3.8) is 0 Å². The summed E-state index contributed by atoms with van der Waals surface area (Å²) in [6.45, 7) is 5.08. The molecule has 1 N–H and O–H groups in total. The molecule has 0 aliphatic rings. The molecule has 2 aromatic carbocycles. The monoisotopic (exact) mass is 331 g/mol. The number of rotatable bonds is 9. The smallest absolute Gasteiger partial charge is 0.223 e. The summed E-state index contributed by atoms with van der Waals surface area (Å²) in [7, 11) is -2.80. The van der Waals surface area contributed by atoms with Crippen molar-refractivity contribution in [2.24, 2.45) is 0 Å². The molecule has 124 valence electrons. The van der Waals surface area contributed by atoms with Crippen LogP contribution in [-0.2, 0) is 15.6 Å². The highest BCUT2D eigenvalue weighted by Gasteiger charge is 2.34. The van der Waals surface area contributed by atoms with E-state index < -0.39 is 7.37 Å². The van der Waals surface area contributed by atoms with Crippen molar-refractivity contribution in [2.75, 3.05) is 12.8 Å². The van der Waals surface area contributed by atoms with Crippen LogP contribution in [0.2, 0.25) is 0 Å². The Morgan fingerprint density at radius 2 is 1.61 bits per heavy atom. The molecule has 0 aliphatic carbocycles. The van der Waals surface area contributed by atoms with Crippen LogP contribution in [0, 0.1) is 0 Å². The summed E-state index contributed by atoms with van der Waals surface area (Å²) in [6.07, 6.45) is 1.43. The summed E-state index contributed by atoms with van der Waals surface area (Å²) in [4.78, 5) is 0. The fourth-order valence-corrected chi connectivity index (χ4v) is 5.32. The Balaban J connectivity index is 2.26. The Hall–Kier alpha value is -1.41. The van der Waals surface area contributed by atoms with Gasteiger partial charge in [0.1, 0.15) is 5.78 Å². The van der Waals surface area contributed by atoms with E-state index in [0.29, 0.717) is 19.3 Å². The van der Waals surface area contributed by atoms with Gasteiger partial charge in [-0.05, 0) is 24.5 Å². The zero-order valence-electron chi connectivity index (χ0n) is 13.9. The Labute approximate surface area is 139 Å². The van der Waals surface area contributed by atoms with E-state index in [1.165, 1.54) is 5.56 Å². The van der Waals surface area contributed by atoms with Crippen molar-refractivity contribution in [1.29, 1.82) is 0 Å². The summed E-state index contributed by atoms with van der Waals surface area (Å²) in [6, 6.07) is 20.1. The minimum Gasteiger partial charge on any atom is -0.327 e. The molecule has 2 aromatic rings. The van der Waals surface area contributed by atoms with E-state index in [2.05, 4.69) is 17.4 Å². The second kappa shape index (κ2) is 9.02. The first-order chi connectivity index (χ1) is 11.2. The summed E-state index contributed by atoms with van der Waals surface area (Å²) in [5.41, 5.74) is 2.20. The summed E-state index contributed by atoms with van der Waals surface area (Å²) >= 11 is 0. The minimum absolute atomic E-state index is 0.274. The normalized spacial score (nSPS) is 15.0. The minimum atomic E-state index is -2.80. The molecule has 0 aromatic heterocycles. The van der Waals surface area contributed by atoms with Gasteiger partial charge in [0.15, 0.2) is 0 Å². The van der Waals surface area contributed by atoms with Crippen LogP contribution < -0.4 is 5.32 Å². The van der Waals surface area contributed by atoms with Crippen molar-refractivity contribution >= 4 is 7.37 Å². The molecule has 0 saturated heterocycles. The second-order valence-corrected chi connectivity index (χ2v) is 8.22. The maximum atomic E-state index is 13.5. The molecule has 0 heterocycles. The zero-order valence-corrected chi connectivity index (χ0v) is 14.8. The van der Waals surface area contributed by atoms with Gasteiger partial charge in [-0.25, -0.2) is 0 Å². The summed E-state index contributed by atoms with van der Waals surface area (Å²) in [5, 5.41) is 3.47. The number of hydrogen-bond donors (Lipinski definition) is 1. The lowest BCUT2D eigenvalue weighted by Gasteiger charge is -2.28. The van der Waals surface area contributed by atoms with Gasteiger partial charge in [0, 0.05) is 12.7 Å². The lowest BCUT2D eigenvalue weighted by molar-refractivity contribution is 0.319. The van der Waals surface area contributed by atoms with Crippen molar-refractivity contribution in [2.45, 2.75) is 32.6 Å². The van der Waals surface area contributed by atoms with Gasteiger partial charge in [-0.15, -0.1) is 0 Å². The van der Waals surface area contributed by atoms with E-state index in [1.54, 1.807) is 0 Å². The summed E-state index contributed by atoms with van der Waals surface area (Å²) in [5.74, 6) is -0.274. The molecule has 0 aliphatic heterocycles. The third kappa shape index (κ3) is 5.04. The van der Waals surface area contributed by atoms with Gasteiger partial charge in [0.05, 0.1) is 6.61 Å². The van der Waals surface area contributed by atoms with Gasteiger partial charge in [0.2, 0.25) is 7.37 Å². The van der Waals surface area contributed by atoms with Crippen LogP contribution >= 0.6 is 7.37 Å². The van der Waals surface area contributed by atoms with Crippen LogP contribution in [0.1, 0.15) is 37.2 Å². The van der Waals surface area contributed by atoms with Crippen LogP contribution in [0.15, 0.2) is 60.7 Å². The molecule has 0 bridgehead atoms. The molecule has 23 heavy (non-hydrogen) atoms. The SMILES string of the molecule is CCCP(=O)(OCC)C(NCc1ccccc1)c1ccccc1. The van der Waals surface area contributed by atoms with Crippen molar-refractivity contribution in [1.82, 2.24) is 5.32 Å². The Morgan fingerprint density at radius 1 is 1.00 bits per heavy atom. The van der Waals surface area contributed by atoms with Gasteiger partial charge in [-0.2, -0.15) is 0 Å². The first-order valence-corrected chi connectivity index (χ1v) is 10.1. The predicted octanol–water partition coefficient (Wildman–Crippen LogP) is 5.20. The van der Waals surface area contributed by atoms with E-state index in [-0.39, 0.29) is 5.78 Å². The average molecular weight is 331 g/mol. The Kier molecular flexibility index (Phi) is 7.04. The first kappa shape index (κ1) is 17.9. The molecule has 2 unspecified atom stereocenters. The lowest BCUT2D eigenvalue weighted by Crippen LogP contribution is -2.23. The van der Waals surface area contributed by atoms with Gasteiger partial charge < -0.3 is 4.52 Å². The molecule has 2 rings (SSSR count). The molecule has 0 amide bonds. The molecule has 0 spiro atoms. The molecule has 2 atom stereocenters. The largest absolute Gasteiger partial charge is 0.327 e. The lowest BCUT2D eigenvalue weighted by atomic mass is 10.2. The van der Waals surface area contributed by atoms with Crippen LogP contribution in [0.4, 0.5) is 0 Å². The topological polar surface area (TPSA) is 38.3 Å². The van der Waals surface area contributed by atoms with E-state index in [0.717, 1.165) is 12.0 Å². The van der Waals surface area contributed by atoms with Crippen molar-refractivity contribution in [3.8, 4) is 0 Å². The van der Waals surface area contributed by atoms with E-state index in [1.807, 2.05) is 62.4 Å². The Bertz CT molecular complexity index is 606. The third-order valence-corrected chi connectivity index (χ3v) is 6.77. The van der Waals surface area contributed by atoms with Crippen LogP contribution in [0.5, 0.6) is 0 Å². The van der Waals surface area contributed by atoms with Gasteiger partial charge in [0.25, 0.3) is 0 Å². The first-order valence-electron chi connectivity index (χ1n) is 8.25. The molecule has 3 nitrogen and oxygen atoms in total. The molecule has 0 fully saturated rings. The van der Waals surface area contributed by atoms with Crippen molar-refractivity contribution in [3.05, 3.63) is 71.8 Å². The highest BCUT2D eigenvalue weighted by Crippen LogP contribution is 2.59. The maximum Gasteiger partial charge on any atom is 0.223 e. The van der Waals surface area contributed by atoms with Gasteiger partial charge in [-0.3, -0.25) is 9.88 Å². The van der Waals surface area contributed by atoms with Crippen LogP contribution in [-0.4, -0.2) is 12.8 Å². The van der Waals surface area contributed by atoms with E-state index >= 15 is 0 Å². The summed E-state index contributed by atoms with van der Waals surface area (Å²) < 4.78 is 19.2. The quantitative estimate of drug-likeness (QED) is 0.642. The van der Waals surface area contributed by atoms with E-state index in [4.69, 9.17) is 4.52 Å². The van der Waals surface area contributed by atoms with Crippen molar-refractivity contribution < 1.29 is 9.09 Å². The molecule has 0 radical (unpaired) electrons. The number of hydrogen-bond acceptors (Lipinski definition) is 3. The Morgan fingerprint density at radius 3 is 2.17 bits per heavy atom. The molecule has 0 saturated carbocycles. The molecular weight excluding hydrogens is 305 g/mol. The molecule has 4 heteroatoms. The van der Waals surface area contributed by atoms with Gasteiger partial charge in [-0.1, -0.05) is 67.6 Å². The number of benzene rings is 2. The second-order valence-electron chi connectivity index (χ2n) is 5.55. The third-order valence-electron chi connectivity index (χ3n) is 3.73. The van der Waals surface area contributed by atoms with E-state index in [9.17, 15) is 4.57 Å². The maximum absolute atomic E-state index is 13.5. The van der Waals surface area contributed by atoms with Gasteiger partial charge >= 0.3 is 0 Å². The standard InChI is InChI=1S/C19H26NO2P/c1-3-15-23(21,22-4-2)19(18-13-9-6-10-14-18)20-16-17-11-7-5-8-12-17/h5-14,19-20H,3-4,15-16H2,1-2H3.